The third-order valence-electron chi connectivity index (χ3n) is 4.25. The highest BCUT2D eigenvalue weighted by Crippen LogP contribution is 2.28. The van der Waals surface area contributed by atoms with E-state index in [2.05, 4.69) is 15.4 Å². The fourth-order valence-corrected chi connectivity index (χ4v) is 3.60. The number of aromatic nitrogens is 4. The van der Waals surface area contributed by atoms with Crippen molar-refractivity contribution in [2.75, 3.05) is 0 Å². The van der Waals surface area contributed by atoms with Crippen LogP contribution in [0.15, 0.2) is 54.3 Å². The monoisotopic (exact) mass is 377 g/mol. The normalized spacial score (nSPS) is 11.2. The summed E-state index contributed by atoms with van der Waals surface area (Å²) >= 11 is 1.60. The Kier molecular flexibility index (Phi) is 4.68. The number of amides is 1. The van der Waals surface area contributed by atoms with E-state index in [1.807, 2.05) is 54.2 Å². The van der Waals surface area contributed by atoms with Gasteiger partial charge in [-0.15, -0.1) is 11.3 Å². The van der Waals surface area contributed by atoms with Crippen molar-refractivity contribution in [1.29, 1.82) is 0 Å². The Bertz CT molecular complexity index is 1070. The second-order valence-corrected chi connectivity index (χ2v) is 7.44. The zero-order chi connectivity index (χ0) is 18.8. The molecule has 27 heavy (non-hydrogen) atoms. The van der Waals surface area contributed by atoms with Crippen molar-refractivity contribution >= 4 is 28.3 Å². The number of pyridine rings is 2. The second kappa shape index (κ2) is 7.28. The van der Waals surface area contributed by atoms with E-state index in [0.717, 1.165) is 27.2 Å². The van der Waals surface area contributed by atoms with Gasteiger partial charge in [-0.05, 0) is 43.0 Å². The van der Waals surface area contributed by atoms with Gasteiger partial charge in [0, 0.05) is 25.0 Å². The van der Waals surface area contributed by atoms with Gasteiger partial charge in [-0.2, -0.15) is 5.10 Å². The van der Waals surface area contributed by atoms with Gasteiger partial charge in [0.15, 0.2) is 5.65 Å². The maximum Gasteiger partial charge on any atom is 0.252 e. The molecule has 4 aromatic rings. The first-order valence-electron chi connectivity index (χ1n) is 8.72. The van der Waals surface area contributed by atoms with Crippen LogP contribution in [0.5, 0.6) is 0 Å². The van der Waals surface area contributed by atoms with E-state index in [4.69, 9.17) is 4.98 Å². The molecular weight excluding hydrogens is 358 g/mol. The molecule has 136 valence electrons. The topological polar surface area (TPSA) is 72.7 Å². The maximum atomic E-state index is 12.9. The smallest absolute Gasteiger partial charge is 0.252 e. The third-order valence-corrected chi connectivity index (χ3v) is 5.14. The zero-order valence-corrected chi connectivity index (χ0v) is 15.9. The van der Waals surface area contributed by atoms with E-state index in [-0.39, 0.29) is 11.9 Å². The molecule has 4 rings (SSSR count). The predicted molar refractivity (Wildman–Crippen MR) is 107 cm³/mol. The number of hydrogen-bond donors (Lipinski definition) is 1. The van der Waals surface area contributed by atoms with Crippen molar-refractivity contribution < 1.29 is 4.79 Å². The second-order valence-electron chi connectivity index (χ2n) is 6.50. The van der Waals surface area contributed by atoms with Crippen molar-refractivity contribution in [3.05, 3.63) is 65.4 Å². The van der Waals surface area contributed by atoms with Gasteiger partial charge in [-0.25, -0.2) is 9.67 Å². The standard InChI is InChI=1S/C20H19N5OS/c1-13(2)25-19-16(12-23-25)15(9-17(24-19)18-6-4-8-27-18)20(26)22-11-14-5-3-7-21-10-14/h3-10,12-13H,11H2,1-2H3,(H,22,26). The van der Waals surface area contributed by atoms with Crippen LogP contribution in [0.2, 0.25) is 0 Å². The third kappa shape index (κ3) is 3.46. The van der Waals surface area contributed by atoms with E-state index in [0.29, 0.717) is 12.1 Å². The molecule has 1 N–H and O–H groups in total. The van der Waals surface area contributed by atoms with Gasteiger partial charge in [-0.3, -0.25) is 9.78 Å². The molecule has 0 aromatic carbocycles. The molecule has 7 heteroatoms. The average molecular weight is 377 g/mol. The van der Waals surface area contributed by atoms with E-state index in [1.165, 1.54) is 0 Å². The summed E-state index contributed by atoms with van der Waals surface area (Å²) in [6.45, 7) is 4.52. The fraction of sp³-hybridized carbons (Fsp3) is 0.200. The molecule has 4 aromatic heterocycles. The van der Waals surface area contributed by atoms with Gasteiger partial charge in [0.05, 0.1) is 27.7 Å². The summed E-state index contributed by atoms with van der Waals surface area (Å²) < 4.78 is 1.85. The summed E-state index contributed by atoms with van der Waals surface area (Å²) in [5, 5.41) is 10.2. The first-order chi connectivity index (χ1) is 13.1. The quantitative estimate of drug-likeness (QED) is 0.569. The number of carbonyl (C=O) groups is 1. The highest BCUT2D eigenvalue weighted by molar-refractivity contribution is 7.13. The molecular formula is C20H19N5OS. The molecule has 0 bridgehead atoms. The van der Waals surface area contributed by atoms with Gasteiger partial charge in [0.1, 0.15) is 0 Å². The number of thiophene rings is 1. The van der Waals surface area contributed by atoms with Crippen molar-refractivity contribution in [2.24, 2.45) is 0 Å². The molecule has 0 saturated carbocycles. The number of nitrogens with zero attached hydrogens (tertiary/aromatic N) is 4. The number of hydrogen-bond acceptors (Lipinski definition) is 5. The van der Waals surface area contributed by atoms with Gasteiger partial charge in [0.2, 0.25) is 0 Å². The molecule has 0 unspecified atom stereocenters. The molecule has 4 heterocycles. The number of nitrogens with one attached hydrogen (secondary N) is 1. The molecule has 0 spiro atoms. The van der Waals surface area contributed by atoms with E-state index in [9.17, 15) is 4.79 Å². The Balaban J connectivity index is 1.75. The van der Waals surface area contributed by atoms with Crippen LogP contribution in [0.1, 0.15) is 35.8 Å². The SMILES string of the molecule is CC(C)n1ncc2c(C(=O)NCc3cccnc3)cc(-c3cccs3)nc21. The minimum atomic E-state index is -0.146. The fourth-order valence-electron chi connectivity index (χ4n) is 2.91. The van der Waals surface area contributed by atoms with Crippen LogP contribution < -0.4 is 5.32 Å². The number of rotatable bonds is 5. The van der Waals surface area contributed by atoms with Crippen LogP contribution >= 0.6 is 11.3 Å². The molecule has 0 aliphatic carbocycles. The lowest BCUT2D eigenvalue weighted by atomic mass is 10.1. The van der Waals surface area contributed by atoms with Crippen LogP contribution in [0, 0.1) is 0 Å². The Morgan fingerprint density at radius 3 is 2.85 bits per heavy atom. The van der Waals surface area contributed by atoms with Gasteiger partial charge >= 0.3 is 0 Å². The van der Waals surface area contributed by atoms with Crippen molar-refractivity contribution in [3.63, 3.8) is 0 Å². The van der Waals surface area contributed by atoms with Gasteiger partial charge in [0.25, 0.3) is 5.91 Å². The summed E-state index contributed by atoms with van der Waals surface area (Å²) in [6, 6.07) is 9.77. The summed E-state index contributed by atoms with van der Waals surface area (Å²) in [7, 11) is 0. The molecule has 0 aliphatic heterocycles. The van der Waals surface area contributed by atoms with Crippen LogP contribution in [-0.2, 0) is 6.54 Å². The molecule has 0 aliphatic rings. The van der Waals surface area contributed by atoms with Gasteiger partial charge < -0.3 is 5.32 Å². The van der Waals surface area contributed by atoms with E-state index >= 15 is 0 Å². The highest BCUT2D eigenvalue weighted by Gasteiger charge is 2.18. The zero-order valence-electron chi connectivity index (χ0n) is 15.1. The van der Waals surface area contributed by atoms with Crippen LogP contribution in [0.3, 0.4) is 0 Å². The Labute approximate surface area is 160 Å². The van der Waals surface area contributed by atoms with Gasteiger partial charge in [-0.1, -0.05) is 12.1 Å². The molecule has 6 nitrogen and oxygen atoms in total. The van der Waals surface area contributed by atoms with Crippen molar-refractivity contribution in [2.45, 2.75) is 26.4 Å². The molecule has 0 atom stereocenters. The predicted octanol–water partition coefficient (Wildman–Crippen LogP) is 4.07. The first kappa shape index (κ1) is 17.4. The lowest BCUT2D eigenvalue weighted by molar-refractivity contribution is 0.0952. The highest BCUT2D eigenvalue weighted by atomic mass is 32.1. The van der Waals surface area contributed by atoms with Crippen LogP contribution in [0.25, 0.3) is 21.6 Å². The van der Waals surface area contributed by atoms with E-state index in [1.54, 1.807) is 29.9 Å². The Morgan fingerprint density at radius 2 is 2.15 bits per heavy atom. The first-order valence-corrected chi connectivity index (χ1v) is 9.60. The summed E-state index contributed by atoms with van der Waals surface area (Å²) in [5.74, 6) is -0.146. The molecule has 0 fully saturated rings. The minimum Gasteiger partial charge on any atom is -0.348 e. The largest absolute Gasteiger partial charge is 0.348 e. The molecule has 1 amide bonds. The average Bonchev–Trinajstić information content (AvgIpc) is 3.35. The molecule has 0 radical (unpaired) electrons. The van der Waals surface area contributed by atoms with E-state index < -0.39 is 0 Å². The molecule has 0 saturated heterocycles. The lowest BCUT2D eigenvalue weighted by Gasteiger charge is -2.10. The number of fused-ring (bicyclic) bond motifs is 1. The Hall–Kier alpha value is -3.06. The summed E-state index contributed by atoms with van der Waals surface area (Å²) in [4.78, 5) is 22.8. The maximum absolute atomic E-state index is 12.9. The lowest BCUT2D eigenvalue weighted by Crippen LogP contribution is -2.23. The van der Waals surface area contributed by atoms with Crippen LogP contribution in [-0.4, -0.2) is 25.7 Å². The van der Waals surface area contributed by atoms with Crippen LogP contribution in [0.4, 0.5) is 0 Å². The Morgan fingerprint density at radius 1 is 1.26 bits per heavy atom. The summed E-state index contributed by atoms with van der Waals surface area (Å²) in [6.07, 6.45) is 5.18. The van der Waals surface area contributed by atoms with Crippen molar-refractivity contribution in [1.82, 2.24) is 25.1 Å². The summed E-state index contributed by atoms with van der Waals surface area (Å²) in [5.41, 5.74) is 3.04. The van der Waals surface area contributed by atoms with Crippen molar-refractivity contribution in [3.8, 4) is 10.6 Å². The minimum absolute atomic E-state index is 0.146. The number of carbonyl (C=O) groups excluding carboxylic acids is 1.